The van der Waals surface area contributed by atoms with Gasteiger partial charge in [-0.05, 0) is 47.9 Å². The maximum Gasteiger partial charge on any atom is 0.124 e. The Morgan fingerprint density at radius 2 is 1.10 bits per heavy atom. The normalized spacial score (nSPS) is 11.2. The lowest BCUT2D eigenvalue weighted by molar-refractivity contribution is 0.181. The molecular weight excluding hydrogens is 396 g/mol. The molecule has 2 rings (SSSR count). The van der Waals surface area contributed by atoms with Crippen LogP contribution in [0.5, 0.6) is 11.5 Å². The highest BCUT2D eigenvalue weighted by Gasteiger charge is 2.18. The largest absolute Gasteiger partial charge is 0.507 e. The van der Waals surface area contributed by atoms with Crippen molar-refractivity contribution < 1.29 is 29.9 Å². The molecule has 4 N–H and O–H groups in total. The molecule has 0 aliphatic carbocycles. The highest BCUT2D eigenvalue weighted by Crippen LogP contribution is 2.31. The highest BCUT2D eigenvalue weighted by molar-refractivity contribution is 5.46. The number of aromatic hydroxyl groups is 2. The standard InChI is InChI=1S/C14H22O3.C11H16O3/c1-14(2,3)12-7-10(5-6-15)13(16)11(8-12)9-17-4;1-8-5-9(3-4-12)11(13)10(6-8)7-14-2/h7-8,15-16H,5-6,9H2,1-4H3;5-6,12-13H,3-4,7H2,1-2H3. The van der Waals surface area contributed by atoms with Crippen LogP contribution in [0.2, 0.25) is 0 Å². The molecule has 0 bridgehead atoms. The van der Waals surface area contributed by atoms with Crippen LogP contribution in [0.3, 0.4) is 0 Å². The lowest BCUT2D eigenvalue weighted by atomic mass is 9.84. The highest BCUT2D eigenvalue weighted by atomic mass is 16.5. The zero-order valence-electron chi connectivity index (χ0n) is 19.7. The smallest absolute Gasteiger partial charge is 0.124 e. The topological polar surface area (TPSA) is 99.4 Å². The third-order valence-corrected chi connectivity index (χ3v) is 4.91. The van der Waals surface area contributed by atoms with Crippen molar-refractivity contribution in [3.8, 4) is 11.5 Å². The van der Waals surface area contributed by atoms with E-state index in [0.29, 0.717) is 26.1 Å². The number of aryl methyl sites for hydroxylation is 1. The van der Waals surface area contributed by atoms with Crippen LogP contribution in [0.25, 0.3) is 0 Å². The third kappa shape index (κ3) is 8.15. The minimum absolute atomic E-state index is 0.0143. The predicted octanol–water partition coefficient (Wildman–Crippen LogP) is 3.75. The fourth-order valence-corrected chi connectivity index (χ4v) is 3.28. The van der Waals surface area contributed by atoms with Crippen molar-refractivity contribution in [1.82, 2.24) is 0 Å². The third-order valence-electron chi connectivity index (χ3n) is 4.91. The van der Waals surface area contributed by atoms with Gasteiger partial charge < -0.3 is 29.9 Å². The number of aliphatic hydroxyl groups excluding tert-OH is 2. The average molecular weight is 435 g/mol. The van der Waals surface area contributed by atoms with E-state index < -0.39 is 0 Å². The van der Waals surface area contributed by atoms with Crippen LogP contribution in [0.4, 0.5) is 0 Å². The first-order valence-electron chi connectivity index (χ1n) is 10.4. The lowest BCUT2D eigenvalue weighted by Gasteiger charge is -2.22. The number of hydrogen-bond acceptors (Lipinski definition) is 6. The summed E-state index contributed by atoms with van der Waals surface area (Å²) in [5, 5.41) is 37.7. The van der Waals surface area contributed by atoms with Crippen LogP contribution < -0.4 is 0 Å². The monoisotopic (exact) mass is 434 g/mol. The van der Waals surface area contributed by atoms with Gasteiger partial charge in [0, 0.05) is 38.6 Å². The Balaban J connectivity index is 0.000000316. The molecule has 0 spiro atoms. The van der Waals surface area contributed by atoms with Gasteiger partial charge in [0.15, 0.2) is 0 Å². The van der Waals surface area contributed by atoms with E-state index in [1.54, 1.807) is 14.2 Å². The number of benzene rings is 2. The molecule has 0 aliphatic rings. The quantitative estimate of drug-likeness (QED) is 0.505. The van der Waals surface area contributed by atoms with E-state index in [0.717, 1.165) is 33.4 Å². The van der Waals surface area contributed by atoms with Crippen molar-refractivity contribution in [3.63, 3.8) is 0 Å². The average Bonchev–Trinajstić information content (AvgIpc) is 2.69. The zero-order valence-corrected chi connectivity index (χ0v) is 19.7. The Labute approximate surface area is 186 Å². The van der Waals surface area contributed by atoms with Gasteiger partial charge >= 0.3 is 0 Å². The maximum absolute atomic E-state index is 10.1. The molecule has 0 aromatic heterocycles. The molecule has 0 saturated heterocycles. The summed E-state index contributed by atoms with van der Waals surface area (Å²) in [6.45, 7) is 9.19. The Kier molecular flexibility index (Phi) is 11.0. The maximum atomic E-state index is 10.1. The molecule has 0 aliphatic heterocycles. The molecule has 0 atom stereocenters. The molecule has 0 unspecified atom stereocenters. The van der Waals surface area contributed by atoms with Crippen molar-refractivity contribution in [2.75, 3.05) is 27.4 Å². The first-order valence-corrected chi connectivity index (χ1v) is 10.4. The molecule has 0 heterocycles. The summed E-state index contributed by atoms with van der Waals surface area (Å²) in [6.07, 6.45) is 0.941. The second-order valence-corrected chi connectivity index (χ2v) is 8.64. The molecule has 174 valence electrons. The Morgan fingerprint density at radius 3 is 1.52 bits per heavy atom. The molecule has 0 fully saturated rings. The summed E-state index contributed by atoms with van der Waals surface area (Å²) < 4.78 is 10.1. The van der Waals surface area contributed by atoms with Crippen LogP contribution in [-0.4, -0.2) is 47.9 Å². The number of phenols is 2. The Bertz CT molecular complexity index is 769. The lowest BCUT2D eigenvalue weighted by Crippen LogP contribution is -2.13. The Morgan fingerprint density at radius 1 is 0.710 bits per heavy atom. The van der Waals surface area contributed by atoms with Crippen LogP contribution in [0.1, 0.15) is 54.2 Å². The summed E-state index contributed by atoms with van der Waals surface area (Å²) >= 11 is 0. The number of phenolic OH excluding ortho intramolecular Hbond substituents is 2. The summed E-state index contributed by atoms with van der Waals surface area (Å²) in [4.78, 5) is 0. The first-order chi connectivity index (χ1) is 14.6. The van der Waals surface area contributed by atoms with Gasteiger partial charge in [0.25, 0.3) is 0 Å². The van der Waals surface area contributed by atoms with Gasteiger partial charge in [-0.25, -0.2) is 0 Å². The molecular formula is C25H38O6. The van der Waals surface area contributed by atoms with E-state index in [4.69, 9.17) is 19.7 Å². The SMILES string of the molecule is COCc1cc(C(C)(C)C)cc(CCO)c1O.COCc1cc(C)cc(CCO)c1O. The summed E-state index contributed by atoms with van der Waals surface area (Å²) in [7, 11) is 3.20. The van der Waals surface area contributed by atoms with Crippen LogP contribution in [0.15, 0.2) is 24.3 Å². The number of hydrogen-bond donors (Lipinski definition) is 4. The fraction of sp³-hybridized carbons (Fsp3) is 0.520. The number of rotatable bonds is 8. The number of aliphatic hydroxyl groups is 2. The minimum Gasteiger partial charge on any atom is -0.507 e. The molecule has 2 aromatic carbocycles. The molecule has 0 saturated carbocycles. The van der Waals surface area contributed by atoms with Crippen molar-refractivity contribution in [2.45, 2.75) is 59.2 Å². The molecule has 31 heavy (non-hydrogen) atoms. The number of ether oxygens (including phenoxy) is 2. The van der Waals surface area contributed by atoms with Crippen LogP contribution >= 0.6 is 0 Å². The van der Waals surface area contributed by atoms with Gasteiger partial charge in [0.05, 0.1) is 13.2 Å². The van der Waals surface area contributed by atoms with Gasteiger partial charge in [0.2, 0.25) is 0 Å². The van der Waals surface area contributed by atoms with E-state index in [1.165, 1.54) is 0 Å². The second-order valence-electron chi connectivity index (χ2n) is 8.64. The van der Waals surface area contributed by atoms with E-state index in [9.17, 15) is 10.2 Å². The molecule has 0 amide bonds. The van der Waals surface area contributed by atoms with Gasteiger partial charge in [-0.3, -0.25) is 0 Å². The minimum atomic E-state index is 0.0143. The zero-order chi connectivity index (χ0) is 23.6. The molecule has 2 aromatic rings. The first kappa shape index (κ1) is 26.9. The fourth-order valence-electron chi connectivity index (χ4n) is 3.28. The van der Waals surface area contributed by atoms with Crippen LogP contribution in [-0.2, 0) is 40.9 Å². The van der Waals surface area contributed by atoms with Crippen molar-refractivity contribution in [2.24, 2.45) is 0 Å². The van der Waals surface area contributed by atoms with E-state index in [-0.39, 0.29) is 30.1 Å². The molecule has 6 nitrogen and oxygen atoms in total. The Hall–Kier alpha value is -2.12. The van der Waals surface area contributed by atoms with E-state index in [2.05, 4.69) is 20.8 Å². The van der Waals surface area contributed by atoms with Gasteiger partial charge in [-0.15, -0.1) is 0 Å². The summed E-state index contributed by atoms with van der Waals surface area (Å²) in [6, 6.07) is 7.70. The summed E-state index contributed by atoms with van der Waals surface area (Å²) in [5.41, 5.74) is 5.34. The molecule has 0 radical (unpaired) electrons. The van der Waals surface area contributed by atoms with Crippen molar-refractivity contribution in [3.05, 3.63) is 57.6 Å². The molecule has 6 heteroatoms. The van der Waals surface area contributed by atoms with Gasteiger partial charge in [-0.1, -0.05) is 44.5 Å². The number of methoxy groups -OCH3 is 2. The van der Waals surface area contributed by atoms with Gasteiger partial charge in [-0.2, -0.15) is 0 Å². The van der Waals surface area contributed by atoms with Crippen LogP contribution in [0, 0.1) is 6.92 Å². The van der Waals surface area contributed by atoms with Crippen molar-refractivity contribution in [1.29, 1.82) is 0 Å². The van der Waals surface area contributed by atoms with Gasteiger partial charge in [0.1, 0.15) is 11.5 Å². The summed E-state index contributed by atoms with van der Waals surface area (Å²) in [5.74, 6) is 0.486. The second kappa shape index (κ2) is 12.7. The van der Waals surface area contributed by atoms with Crippen molar-refractivity contribution >= 4 is 0 Å². The predicted molar refractivity (Wildman–Crippen MR) is 123 cm³/mol. The van der Waals surface area contributed by atoms with E-state index in [1.807, 2.05) is 31.2 Å². The van der Waals surface area contributed by atoms with E-state index >= 15 is 0 Å².